The smallest absolute Gasteiger partial charge is 0.0866 e. The van der Waals surface area contributed by atoms with Crippen molar-refractivity contribution in [2.75, 3.05) is 0 Å². The number of phenolic OH excluding ortho intramolecular Hbond substituents is 2. The SMILES string of the molecule is CC(C)(C)c1cc(C[S]2=[Zr]=[S@@](Cc3cc(C(C)(C)C)cc([Si](C)(C)[Si](C)(C)C)c3O)C3CCCCCC[C@@H]32)c(O)c([Si](C)(C)[Si](C)(C)C)c1.[CH2-]c1ccccc1.[CH2-]c1ccccc1. The molecule has 348 valence electrons. The summed E-state index contributed by atoms with van der Waals surface area (Å²) in [5.41, 5.74) is 7.66. The van der Waals surface area contributed by atoms with Gasteiger partial charge in [-0.05, 0) is 0 Å². The molecule has 1 aliphatic heterocycles. The van der Waals surface area contributed by atoms with Gasteiger partial charge in [-0.3, -0.25) is 0 Å². The molecule has 4 aromatic carbocycles. The summed E-state index contributed by atoms with van der Waals surface area (Å²) in [5, 5.41) is 28.7. The van der Waals surface area contributed by atoms with E-state index in [1.165, 1.54) is 71.2 Å². The van der Waals surface area contributed by atoms with Crippen LogP contribution in [0.4, 0.5) is 0 Å². The van der Waals surface area contributed by atoms with Crippen LogP contribution in [-0.4, -0.2) is 51.1 Å². The summed E-state index contributed by atoms with van der Waals surface area (Å²) < 4.78 is 0. The second kappa shape index (κ2) is 21.7. The van der Waals surface area contributed by atoms with Gasteiger partial charge in [0.25, 0.3) is 0 Å². The first-order chi connectivity index (χ1) is 29.0. The van der Waals surface area contributed by atoms with E-state index >= 15 is 0 Å². The summed E-state index contributed by atoms with van der Waals surface area (Å²) >= 11 is -0.802. The van der Waals surface area contributed by atoms with E-state index in [0.29, 0.717) is 25.7 Å². The second-order valence-electron chi connectivity index (χ2n) is 23.6. The largest absolute Gasteiger partial charge is 0.199 e. The number of hydrogen-bond donors (Lipinski definition) is 2. The van der Waals surface area contributed by atoms with Crippen LogP contribution in [0.15, 0.2) is 84.9 Å². The molecular weight excluding hydrogens is 948 g/mol. The summed E-state index contributed by atoms with van der Waals surface area (Å²) in [4.78, 5) is 0. The molecule has 2 aliphatic rings. The van der Waals surface area contributed by atoms with Gasteiger partial charge < -0.3 is 0 Å². The molecule has 0 amide bonds. The Bertz CT molecular complexity index is 2070. The topological polar surface area (TPSA) is 40.5 Å². The molecule has 0 spiro atoms. The molecule has 9 heteroatoms. The van der Waals surface area contributed by atoms with E-state index in [-0.39, 0.29) is 10.8 Å². The van der Waals surface area contributed by atoms with Crippen molar-refractivity contribution in [1.82, 2.24) is 0 Å². The van der Waals surface area contributed by atoms with Crippen LogP contribution >= 0.6 is 14.2 Å². The van der Waals surface area contributed by atoms with Crippen LogP contribution in [0.1, 0.15) is 113 Å². The third kappa shape index (κ3) is 14.1. The maximum Gasteiger partial charge on any atom is -0.0866 e. The fourth-order valence-corrected chi connectivity index (χ4v) is 47.2. The molecule has 1 fully saturated rings. The van der Waals surface area contributed by atoms with Crippen LogP contribution in [0.3, 0.4) is 0 Å². The molecule has 2 N–H and O–H groups in total. The maximum atomic E-state index is 12.2. The predicted molar refractivity (Wildman–Crippen MR) is 294 cm³/mol. The average molecular weight is 1030 g/mol. The standard InChI is InChI=1S/C40H72O2S2Si4.2C7H7.Zr/c1-39(2,3)31-23-29(37(41)35(25-31)47(13,14)45(7,8)9)27-43-33-21-19-17-18-20-22-34(33)44-28-30-24-32(40(4,5)6)26-36(38(30)42)48(15,16)46(10,11)12;2*1-7-5-3-2-4-6-7;/h23-26,33-34,41-42H,17-22,27-28H2,1-16H3;2*2-6H,1H2;/q;2*-1;/t33-,34?;;;/m0.../s1. The van der Waals surface area contributed by atoms with Crippen molar-refractivity contribution < 1.29 is 29.4 Å². The van der Waals surface area contributed by atoms with Gasteiger partial charge in [-0.2, -0.15) is 49.2 Å². The fraction of sp³-hybridized carbons (Fsp3) is 0.519. The molecule has 6 rings (SSSR count). The van der Waals surface area contributed by atoms with E-state index in [1.807, 2.05) is 60.7 Å². The molecule has 0 bridgehead atoms. The van der Waals surface area contributed by atoms with Gasteiger partial charge in [-0.1, -0.05) is 12.1 Å². The van der Waals surface area contributed by atoms with E-state index in [9.17, 15) is 10.2 Å². The number of hydrogen-bond acceptors (Lipinski definition) is 2. The molecule has 1 heterocycles. The van der Waals surface area contributed by atoms with Crippen molar-refractivity contribution in [2.45, 2.75) is 178 Å². The van der Waals surface area contributed by atoms with Crippen molar-refractivity contribution in [3.63, 3.8) is 0 Å². The molecule has 2 unspecified atom stereocenters. The minimum atomic E-state index is -1.81. The predicted octanol–water partition coefficient (Wildman–Crippen LogP) is 15.3. The number of phenols is 2. The van der Waals surface area contributed by atoms with E-state index in [0.717, 1.165) is 33.1 Å². The zero-order valence-electron chi connectivity index (χ0n) is 42.5. The number of aromatic hydroxyl groups is 2. The van der Waals surface area contributed by atoms with Gasteiger partial charge in [-0.15, -0.1) is 24.3 Å². The first-order valence-electron chi connectivity index (χ1n) is 23.6. The minimum Gasteiger partial charge on any atom is -0.199 e. The van der Waals surface area contributed by atoms with Gasteiger partial charge in [0, 0.05) is 0 Å². The van der Waals surface area contributed by atoms with Crippen molar-refractivity contribution in [3.8, 4) is 11.5 Å². The maximum absolute atomic E-state index is 12.2. The van der Waals surface area contributed by atoms with Crippen molar-refractivity contribution in [3.05, 3.63) is 132 Å². The number of rotatable bonds is 8. The summed E-state index contributed by atoms with van der Waals surface area (Å²) in [6.07, 6.45) is 8.29. The molecule has 2 nitrogen and oxygen atoms in total. The number of benzene rings is 4. The van der Waals surface area contributed by atoms with Crippen LogP contribution in [0.2, 0.25) is 65.5 Å². The molecule has 0 aromatic heterocycles. The Kier molecular flexibility index (Phi) is 18.7. The van der Waals surface area contributed by atoms with Crippen molar-refractivity contribution in [2.24, 2.45) is 0 Å². The first kappa shape index (κ1) is 54.3. The van der Waals surface area contributed by atoms with Crippen LogP contribution < -0.4 is 10.4 Å². The Morgan fingerprint density at radius 2 is 0.841 bits per heavy atom. The quantitative estimate of drug-likeness (QED) is 0.136. The average Bonchev–Trinajstić information content (AvgIpc) is 3.45. The summed E-state index contributed by atoms with van der Waals surface area (Å²) in [6.45, 7) is 46.8. The Morgan fingerprint density at radius 3 is 1.10 bits per heavy atom. The second-order valence-corrected chi connectivity index (χ2v) is 72.3. The van der Waals surface area contributed by atoms with Crippen LogP contribution in [0.25, 0.3) is 0 Å². The van der Waals surface area contributed by atoms with Crippen molar-refractivity contribution >= 4 is 55.0 Å². The van der Waals surface area contributed by atoms with E-state index < -0.39 is 49.5 Å². The third-order valence-corrected chi connectivity index (χ3v) is 71.5. The Labute approximate surface area is 402 Å². The molecule has 4 aromatic rings. The third-order valence-electron chi connectivity index (χ3n) is 14.6. The van der Waals surface area contributed by atoms with E-state index in [1.54, 1.807) is 0 Å². The van der Waals surface area contributed by atoms with Gasteiger partial charge >= 0.3 is 321 Å². The molecule has 0 saturated heterocycles. The normalized spacial score (nSPS) is 19.7. The van der Waals surface area contributed by atoms with Crippen LogP contribution in [0.5, 0.6) is 11.5 Å². The van der Waals surface area contributed by atoms with Crippen LogP contribution in [-0.2, 0) is 41.5 Å². The van der Waals surface area contributed by atoms with Gasteiger partial charge in [0.05, 0.1) is 0 Å². The minimum absolute atomic E-state index is 0.0628. The molecule has 0 radical (unpaired) electrons. The molecule has 1 saturated carbocycles. The van der Waals surface area contributed by atoms with Gasteiger partial charge in [-0.25, -0.2) is 0 Å². The fourth-order valence-electron chi connectivity index (χ4n) is 8.13. The molecule has 63 heavy (non-hydrogen) atoms. The Hall–Kier alpha value is -1.33. The Morgan fingerprint density at radius 1 is 0.524 bits per heavy atom. The molecule has 4 atom stereocenters. The summed E-state index contributed by atoms with van der Waals surface area (Å²) in [5.74, 6) is 3.55. The molecule has 1 aliphatic carbocycles. The molecular formula is C54H86O2S2Si4Zr-2. The first-order valence-corrected chi connectivity index (χ1v) is 47.5. The monoisotopic (exact) mass is 1030 g/mol. The zero-order valence-corrected chi connectivity index (χ0v) is 50.6. The van der Waals surface area contributed by atoms with E-state index in [4.69, 9.17) is 0 Å². The van der Waals surface area contributed by atoms with Crippen molar-refractivity contribution in [1.29, 1.82) is 0 Å². The Balaban J connectivity index is 0.000000523. The summed E-state index contributed by atoms with van der Waals surface area (Å²) in [7, 11) is -5.79. The van der Waals surface area contributed by atoms with Gasteiger partial charge in [0.2, 0.25) is 0 Å². The van der Waals surface area contributed by atoms with E-state index in [2.05, 4.69) is 145 Å². The van der Waals surface area contributed by atoms with Crippen LogP contribution in [0, 0.1) is 13.8 Å². The van der Waals surface area contributed by atoms with Gasteiger partial charge in [0.15, 0.2) is 0 Å². The number of fused-ring (bicyclic) bond motifs is 1. The summed E-state index contributed by atoms with van der Waals surface area (Å²) in [6, 6.07) is 29.5. The van der Waals surface area contributed by atoms with Gasteiger partial charge in [0.1, 0.15) is 0 Å². The zero-order chi connectivity index (χ0) is 47.3.